The van der Waals surface area contributed by atoms with Crippen molar-refractivity contribution in [2.24, 2.45) is 5.10 Å². The van der Waals surface area contributed by atoms with Crippen molar-refractivity contribution >= 4 is 34.9 Å². The van der Waals surface area contributed by atoms with Crippen LogP contribution in [-0.4, -0.2) is 24.4 Å². The molecule has 4 nitrogen and oxygen atoms in total. The van der Waals surface area contributed by atoms with E-state index in [-0.39, 0.29) is 0 Å². The molecule has 126 valence electrons. The molecule has 5 heteroatoms. The fraction of sp³-hybridized carbons (Fsp3) is 0.263. The summed E-state index contributed by atoms with van der Waals surface area (Å²) in [7, 11) is 0. The Morgan fingerprint density at radius 2 is 1.75 bits per heavy atom. The predicted octanol–water partition coefficient (Wildman–Crippen LogP) is 4.16. The van der Waals surface area contributed by atoms with Gasteiger partial charge in [-0.3, -0.25) is 5.43 Å². The SMILES string of the molecule is CCN(CC)c1ccc(/C=N/NC(=S)Nc2ccccc2C)cc1. The number of nitrogens with one attached hydrogen (secondary N) is 2. The molecular formula is C19H24N4S. The number of hydrogen-bond acceptors (Lipinski definition) is 3. The highest BCUT2D eigenvalue weighted by atomic mass is 32.1. The Morgan fingerprint density at radius 3 is 2.38 bits per heavy atom. The third-order valence-corrected chi connectivity index (χ3v) is 3.99. The van der Waals surface area contributed by atoms with Crippen LogP contribution in [0, 0.1) is 6.92 Å². The number of rotatable bonds is 6. The van der Waals surface area contributed by atoms with Gasteiger partial charge >= 0.3 is 0 Å². The highest BCUT2D eigenvalue weighted by molar-refractivity contribution is 7.80. The highest BCUT2D eigenvalue weighted by Crippen LogP contribution is 2.14. The molecule has 0 saturated heterocycles. The van der Waals surface area contributed by atoms with E-state index in [0.717, 1.165) is 29.9 Å². The zero-order valence-corrected chi connectivity index (χ0v) is 15.2. The van der Waals surface area contributed by atoms with Crippen molar-refractivity contribution in [3.05, 3.63) is 59.7 Å². The summed E-state index contributed by atoms with van der Waals surface area (Å²) in [5, 5.41) is 7.80. The molecule has 0 fully saturated rings. The van der Waals surface area contributed by atoms with Crippen molar-refractivity contribution in [3.63, 3.8) is 0 Å². The van der Waals surface area contributed by atoms with E-state index in [0.29, 0.717) is 5.11 Å². The Bertz CT molecular complexity index is 691. The molecule has 0 amide bonds. The molecule has 0 atom stereocenters. The van der Waals surface area contributed by atoms with Gasteiger partial charge in [-0.25, -0.2) is 0 Å². The summed E-state index contributed by atoms with van der Waals surface area (Å²) in [6, 6.07) is 16.3. The number of aryl methyl sites for hydroxylation is 1. The van der Waals surface area contributed by atoms with E-state index in [1.165, 1.54) is 5.69 Å². The van der Waals surface area contributed by atoms with Crippen LogP contribution in [0.15, 0.2) is 53.6 Å². The number of thiocarbonyl (C=S) groups is 1. The summed E-state index contributed by atoms with van der Waals surface area (Å²) in [6.45, 7) is 8.36. The lowest BCUT2D eigenvalue weighted by Crippen LogP contribution is -2.24. The molecule has 0 aromatic heterocycles. The van der Waals surface area contributed by atoms with Crippen LogP contribution in [0.3, 0.4) is 0 Å². The fourth-order valence-corrected chi connectivity index (χ4v) is 2.55. The van der Waals surface area contributed by atoms with Gasteiger partial charge in [0.05, 0.1) is 6.21 Å². The number of nitrogens with zero attached hydrogens (tertiary/aromatic N) is 2. The van der Waals surface area contributed by atoms with Crippen LogP contribution in [-0.2, 0) is 0 Å². The molecule has 2 rings (SSSR count). The molecule has 0 saturated carbocycles. The minimum absolute atomic E-state index is 0.473. The lowest BCUT2D eigenvalue weighted by molar-refractivity contribution is 0.866. The van der Waals surface area contributed by atoms with Crippen molar-refractivity contribution in [3.8, 4) is 0 Å². The number of hydrogen-bond donors (Lipinski definition) is 2. The van der Waals surface area contributed by atoms with E-state index in [1.54, 1.807) is 6.21 Å². The Hall–Kier alpha value is -2.40. The normalized spacial score (nSPS) is 10.6. The first-order chi connectivity index (χ1) is 11.6. The molecular weight excluding hydrogens is 316 g/mol. The van der Waals surface area contributed by atoms with Gasteiger partial charge in [-0.1, -0.05) is 30.3 Å². The van der Waals surface area contributed by atoms with Crippen LogP contribution in [0.1, 0.15) is 25.0 Å². The molecule has 2 aromatic rings. The Labute approximate surface area is 149 Å². The molecule has 0 aliphatic heterocycles. The van der Waals surface area contributed by atoms with Crippen molar-refractivity contribution in [2.75, 3.05) is 23.3 Å². The van der Waals surface area contributed by atoms with Crippen molar-refractivity contribution in [2.45, 2.75) is 20.8 Å². The number of hydrazone groups is 1. The molecule has 0 unspecified atom stereocenters. The first-order valence-electron chi connectivity index (χ1n) is 8.14. The van der Waals surface area contributed by atoms with E-state index in [9.17, 15) is 0 Å². The molecule has 24 heavy (non-hydrogen) atoms. The van der Waals surface area contributed by atoms with Crippen LogP contribution in [0.4, 0.5) is 11.4 Å². The maximum absolute atomic E-state index is 5.25. The smallest absolute Gasteiger partial charge is 0.191 e. The van der Waals surface area contributed by atoms with E-state index < -0.39 is 0 Å². The molecule has 0 spiro atoms. The number of anilines is 2. The van der Waals surface area contributed by atoms with E-state index in [1.807, 2.05) is 31.2 Å². The largest absolute Gasteiger partial charge is 0.372 e. The van der Waals surface area contributed by atoms with Gasteiger partial charge in [0.1, 0.15) is 0 Å². The van der Waals surface area contributed by atoms with Crippen molar-refractivity contribution in [1.82, 2.24) is 5.43 Å². The molecule has 0 radical (unpaired) electrons. The van der Waals surface area contributed by atoms with E-state index >= 15 is 0 Å². The summed E-state index contributed by atoms with van der Waals surface area (Å²) >= 11 is 5.25. The van der Waals surface area contributed by atoms with Crippen LogP contribution >= 0.6 is 12.2 Å². The van der Waals surface area contributed by atoms with Crippen molar-refractivity contribution in [1.29, 1.82) is 0 Å². The third kappa shape index (κ3) is 5.06. The van der Waals surface area contributed by atoms with Gasteiger partial charge < -0.3 is 10.2 Å². The Morgan fingerprint density at radius 1 is 1.08 bits per heavy atom. The monoisotopic (exact) mass is 340 g/mol. The minimum Gasteiger partial charge on any atom is -0.372 e. The van der Waals surface area contributed by atoms with Gasteiger partial charge in [-0.2, -0.15) is 5.10 Å². The predicted molar refractivity (Wildman–Crippen MR) is 108 cm³/mol. The average Bonchev–Trinajstić information content (AvgIpc) is 2.59. The molecule has 2 aromatic carbocycles. The van der Waals surface area contributed by atoms with Gasteiger partial charge in [0, 0.05) is 24.5 Å². The standard InChI is InChI=1S/C19H24N4S/c1-4-23(5-2)17-12-10-16(11-13-17)14-20-22-19(24)21-18-9-7-6-8-15(18)3/h6-14H,4-5H2,1-3H3,(H2,21,22,24)/b20-14+. The van der Waals surface area contributed by atoms with Crippen LogP contribution in [0.25, 0.3) is 0 Å². The second-order valence-corrected chi connectivity index (χ2v) is 5.81. The zero-order chi connectivity index (χ0) is 17.4. The van der Waals surface area contributed by atoms with E-state index in [4.69, 9.17) is 12.2 Å². The molecule has 0 bridgehead atoms. The van der Waals surface area contributed by atoms with Crippen molar-refractivity contribution < 1.29 is 0 Å². The zero-order valence-electron chi connectivity index (χ0n) is 14.4. The molecule has 0 heterocycles. The Balaban J connectivity index is 1.89. The van der Waals surface area contributed by atoms with E-state index in [2.05, 4.69) is 58.9 Å². The lowest BCUT2D eigenvalue weighted by atomic mass is 10.2. The summed E-state index contributed by atoms with van der Waals surface area (Å²) in [5.74, 6) is 0. The first-order valence-corrected chi connectivity index (χ1v) is 8.55. The summed E-state index contributed by atoms with van der Waals surface area (Å²) in [4.78, 5) is 2.31. The maximum Gasteiger partial charge on any atom is 0.191 e. The third-order valence-electron chi connectivity index (χ3n) is 3.79. The average molecular weight is 340 g/mol. The van der Waals surface area contributed by atoms with Crippen LogP contribution in [0.2, 0.25) is 0 Å². The van der Waals surface area contributed by atoms with Gasteiger partial charge in [0.15, 0.2) is 5.11 Å². The molecule has 0 aliphatic rings. The van der Waals surface area contributed by atoms with Crippen LogP contribution < -0.4 is 15.6 Å². The Kier molecular flexibility index (Phi) is 6.75. The highest BCUT2D eigenvalue weighted by Gasteiger charge is 2.01. The van der Waals surface area contributed by atoms with Gasteiger partial charge in [-0.15, -0.1) is 0 Å². The molecule has 2 N–H and O–H groups in total. The maximum atomic E-state index is 5.25. The lowest BCUT2D eigenvalue weighted by Gasteiger charge is -2.20. The van der Waals surface area contributed by atoms with Gasteiger partial charge in [0.2, 0.25) is 0 Å². The first kappa shape index (κ1) is 17.9. The minimum atomic E-state index is 0.473. The number of benzene rings is 2. The topological polar surface area (TPSA) is 39.7 Å². The second kappa shape index (κ2) is 9.03. The summed E-state index contributed by atoms with van der Waals surface area (Å²) in [6.07, 6.45) is 1.76. The van der Waals surface area contributed by atoms with Gasteiger partial charge in [-0.05, 0) is 62.3 Å². The van der Waals surface area contributed by atoms with Crippen LogP contribution in [0.5, 0.6) is 0 Å². The van der Waals surface area contributed by atoms with Gasteiger partial charge in [0.25, 0.3) is 0 Å². The molecule has 0 aliphatic carbocycles. The summed E-state index contributed by atoms with van der Waals surface area (Å²) < 4.78 is 0. The summed E-state index contributed by atoms with van der Waals surface area (Å²) in [5.41, 5.74) is 7.21. The number of para-hydroxylation sites is 1. The quantitative estimate of drug-likeness (QED) is 0.470. The fourth-order valence-electron chi connectivity index (χ4n) is 2.39. The second-order valence-electron chi connectivity index (χ2n) is 5.40.